The Labute approximate surface area is 107 Å². The van der Waals surface area contributed by atoms with Crippen molar-refractivity contribution in [2.45, 2.75) is 20.8 Å². The smallest absolute Gasteiger partial charge is 0.312 e. The summed E-state index contributed by atoms with van der Waals surface area (Å²) in [6, 6.07) is 5.85. The zero-order valence-corrected chi connectivity index (χ0v) is 11.2. The first-order valence-corrected chi connectivity index (χ1v) is 5.81. The molecule has 0 N–H and O–H groups in total. The fraction of sp³-hybridized carbons (Fsp3) is 0.500. The van der Waals surface area contributed by atoms with Crippen molar-refractivity contribution in [3.8, 4) is 5.75 Å². The average molecular weight is 254 g/mol. The van der Waals surface area contributed by atoms with E-state index in [0.717, 1.165) is 0 Å². The van der Waals surface area contributed by atoms with Crippen LogP contribution < -0.4 is 4.74 Å². The number of benzene rings is 1. The molecule has 0 aliphatic carbocycles. The molecule has 0 aliphatic heterocycles. The van der Waals surface area contributed by atoms with E-state index < -0.39 is 5.92 Å². The second kappa shape index (κ2) is 5.85. The Kier molecular flexibility index (Phi) is 4.70. The van der Waals surface area contributed by atoms with Crippen LogP contribution in [0, 0.1) is 17.2 Å². The summed E-state index contributed by atoms with van der Waals surface area (Å²) >= 11 is 0. The monoisotopic (exact) mass is 254 g/mol. The minimum absolute atomic E-state index is 0.166. The number of hydrogen-bond donors (Lipinski definition) is 0. The van der Waals surface area contributed by atoms with E-state index in [1.54, 1.807) is 12.1 Å². The Morgan fingerprint density at radius 3 is 2.56 bits per heavy atom. The van der Waals surface area contributed by atoms with Gasteiger partial charge in [-0.15, -0.1) is 0 Å². The maximum Gasteiger partial charge on any atom is 0.312 e. The van der Waals surface area contributed by atoms with Crippen molar-refractivity contribution in [1.29, 1.82) is 0 Å². The molecule has 0 heterocycles. The molecule has 0 bridgehead atoms. The summed E-state index contributed by atoms with van der Waals surface area (Å²) in [7, 11) is 1.35. The Hall–Kier alpha value is -1.58. The van der Waals surface area contributed by atoms with Crippen LogP contribution in [0.3, 0.4) is 0 Å². The second-order valence-corrected chi connectivity index (χ2v) is 5.21. The van der Waals surface area contributed by atoms with Crippen LogP contribution in [0.4, 0.5) is 4.39 Å². The van der Waals surface area contributed by atoms with Gasteiger partial charge in [-0.1, -0.05) is 26.8 Å². The van der Waals surface area contributed by atoms with Gasteiger partial charge in [0.2, 0.25) is 0 Å². The highest BCUT2D eigenvalue weighted by atomic mass is 19.1. The third kappa shape index (κ3) is 4.02. The van der Waals surface area contributed by atoms with E-state index in [1.807, 2.05) is 20.8 Å². The first kappa shape index (κ1) is 14.5. The number of carbonyl (C=O) groups excluding carboxylic acids is 1. The van der Waals surface area contributed by atoms with Gasteiger partial charge in [-0.05, 0) is 17.5 Å². The van der Waals surface area contributed by atoms with Crippen molar-refractivity contribution in [2.75, 3.05) is 13.7 Å². The lowest BCUT2D eigenvalue weighted by Crippen LogP contribution is -2.34. The van der Waals surface area contributed by atoms with Gasteiger partial charge in [0.1, 0.15) is 18.2 Å². The number of esters is 1. The fourth-order valence-electron chi connectivity index (χ4n) is 1.55. The summed E-state index contributed by atoms with van der Waals surface area (Å²) in [5.74, 6) is -0.671. The molecule has 0 saturated carbocycles. The lowest BCUT2D eigenvalue weighted by molar-refractivity contribution is -0.150. The lowest BCUT2D eigenvalue weighted by Gasteiger charge is -2.28. The number of halogens is 1. The van der Waals surface area contributed by atoms with E-state index in [-0.39, 0.29) is 23.8 Å². The molecular weight excluding hydrogens is 235 g/mol. The largest absolute Gasteiger partial charge is 0.493 e. The van der Waals surface area contributed by atoms with E-state index in [9.17, 15) is 9.18 Å². The predicted octanol–water partition coefficient (Wildman–Crippen LogP) is 3.04. The van der Waals surface area contributed by atoms with Crippen molar-refractivity contribution in [3.05, 3.63) is 30.1 Å². The number of rotatable bonds is 4. The van der Waals surface area contributed by atoms with Crippen LogP contribution >= 0.6 is 0 Å². The number of carbonyl (C=O) groups is 1. The highest BCUT2D eigenvalue weighted by molar-refractivity contribution is 5.73. The lowest BCUT2D eigenvalue weighted by atomic mass is 9.81. The van der Waals surface area contributed by atoms with Gasteiger partial charge in [-0.2, -0.15) is 0 Å². The summed E-state index contributed by atoms with van der Waals surface area (Å²) in [5, 5.41) is 0. The number of hydrogen-bond acceptors (Lipinski definition) is 3. The Balaban J connectivity index is 2.71. The molecule has 0 amide bonds. The molecule has 0 aliphatic rings. The first-order chi connectivity index (χ1) is 8.34. The molecule has 1 aromatic carbocycles. The van der Waals surface area contributed by atoms with Crippen LogP contribution in [0.2, 0.25) is 0 Å². The molecule has 3 nitrogen and oxygen atoms in total. The van der Waals surface area contributed by atoms with Gasteiger partial charge in [0, 0.05) is 6.07 Å². The van der Waals surface area contributed by atoms with Gasteiger partial charge < -0.3 is 9.47 Å². The maximum absolute atomic E-state index is 13.0. The predicted molar refractivity (Wildman–Crippen MR) is 66.9 cm³/mol. The maximum atomic E-state index is 13.0. The van der Waals surface area contributed by atoms with Gasteiger partial charge in [0.25, 0.3) is 0 Å². The van der Waals surface area contributed by atoms with Gasteiger partial charge in [-0.25, -0.2) is 4.39 Å². The van der Waals surface area contributed by atoms with Crippen LogP contribution in [-0.2, 0) is 9.53 Å². The molecule has 100 valence electrons. The second-order valence-electron chi connectivity index (χ2n) is 5.21. The van der Waals surface area contributed by atoms with Crippen LogP contribution in [0.1, 0.15) is 20.8 Å². The Morgan fingerprint density at radius 1 is 1.39 bits per heavy atom. The molecule has 18 heavy (non-hydrogen) atoms. The summed E-state index contributed by atoms with van der Waals surface area (Å²) in [6.07, 6.45) is 0. The van der Waals surface area contributed by atoms with Gasteiger partial charge in [0.15, 0.2) is 0 Å². The van der Waals surface area contributed by atoms with Crippen molar-refractivity contribution in [2.24, 2.45) is 11.3 Å². The summed E-state index contributed by atoms with van der Waals surface area (Å²) < 4.78 is 23.2. The molecule has 1 unspecified atom stereocenters. The molecule has 4 heteroatoms. The number of ether oxygens (including phenoxy) is 2. The van der Waals surface area contributed by atoms with E-state index >= 15 is 0 Å². The summed E-state index contributed by atoms with van der Waals surface area (Å²) in [4.78, 5) is 11.7. The molecule has 0 radical (unpaired) electrons. The van der Waals surface area contributed by atoms with E-state index in [2.05, 4.69) is 0 Å². The molecule has 1 atom stereocenters. The van der Waals surface area contributed by atoms with E-state index in [0.29, 0.717) is 5.75 Å². The molecular formula is C14H19FO3. The Morgan fingerprint density at radius 2 is 2.06 bits per heavy atom. The van der Waals surface area contributed by atoms with Crippen LogP contribution in [-0.4, -0.2) is 19.7 Å². The van der Waals surface area contributed by atoms with Crippen molar-refractivity contribution in [1.82, 2.24) is 0 Å². The highest BCUT2D eigenvalue weighted by Crippen LogP contribution is 2.28. The quantitative estimate of drug-likeness (QED) is 0.775. The van der Waals surface area contributed by atoms with Crippen molar-refractivity contribution >= 4 is 5.97 Å². The van der Waals surface area contributed by atoms with Crippen LogP contribution in [0.25, 0.3) is 0 Å². The zero-order valence-electron chi connectivity index (χ0n) is 11.2. The van der Waals surface area contributed by atoms with Crippen molar-refractivity contribution < 1.29 is 18.7 Å². The topological polar surface area (TPSA) is 35.5 Å². The minimum atomic E-state index is -0.397. The number of methoxy groups -OCH3 is 1. The molecule has 0 spiro atoms. The zero-order chi connectivity index (χ0) is 13.8. The van der Waals surface area contributed by atoms with Gasteiger partial charge in [-0.3, -0.25) is 4.79 Å². The van der Waals surface area contributed by atoms with Gasteiger partial charge >= 0.3 is 5.97 Å². The summed E-state index contributed by atoms with van der Waals surface area (Å²) in [6.45, 7) is 5.97. The standard InChI is InChI=1S/C14H19FO3/c1-14(2,3)12(13(16)17-4)9-18-11-7-5-6-10(15)8-11/h5-8,12H,9H2,1-4H3. The highest BCUT2D eigenvalue weighted by Gasteiger charge is 2.32. The normalized spacial score (nSPS) is 12.9. The third-order valence-corrected chi connectivity index (χ3v) is 2.74. The molecule has 1 aromatic rings. The van der Waals surface area contributed by atoms with Gasteiger partial charge in [0.05, 0.1) is 13.0 Å². The fourth-order valence-corrected chi connectivity index (χ4v) is 1.55. The third-order valence-electron chi connectivity index (χ3n) is 2.74. The van der Waals surface area contributed by atoms with Crippen LogP contribution in [0.15, 0.2) is 24.3 Å². The van der Waals surface area contributed by atoms with Crippen molar-refractivity contribution in [3.63, 3.8) is 0 Å². The van der Waals surface area contributed by atoms with Crippen LogP contribution in [0.5, 0.6) is 5.75 Å². The first-order valence-electron chi connectivity index (χ1n) is 5.81. The summed E-state index contributed by atoms with van der Waals surface area (Å²) in [5.41, 5.74) is -0.277. The van der Waals surface area contributed by atoms with E-state index in [4.69, 9.17) is 9.47 Å². The molecule has 0 saturated heterocycles. The molecule has 0 aromatic heterocycles. The Bertz CT molecular complexity index is 410. The van der Waals surface area contributed by atoms with E-state index in [1.165, 1.54) is 19.2 Å². The SMILES string of the molecule is COC(=O)C(COc1cccc(F)c1)C(C)(C)C. The average Bonchev–Trinajstić information content (AvgIpc) is 2.27. The minimum Gasteiger partial charge on any atom is -0.493 e. The molecule has 0 fully saturated rings. The molecule has 1 rings (SSSR count).